The molecule has 0 rings (SSSR count). The molecule has 0 aromatic heterocycles. The first-order valence-corrected chi connectivity index (χ1v) is 4.14. The SMILES string of the molecule is CC(C)OC[C@H](O)CBr. The lowest BCUT2D eigenvalue weighted by Crippen LogP contribution is -2.19. The molecule has 3 heteroatoms. The largest absolute Gasteiger partial charge is 0.390 e. The summed E-state index contributed by atoms with van der Waals surface area (Å²) in [5.41, 5.74) is 0. The Balaban J connectivity index is 3.06. The summed E-state index contributed by atoms with van der Waals surface area (Å²) in [6.45, 7) is 4.31. The molecule has 2 nitrogen and oxygen atoms in total. The highest BCUT2D eigenvalue weighted by Gasteiger charge is 2.01. The predicted octanol–water partition coefficient (Wildman–Crippen LogP) is 1.17. The summed E-state index contributed by atoms with van der Waals surface area (Å²) in [7, 11) is 0. The van der Waals surface area contributed by atoms with E-state index in [2.05, 4.69) is 15.9 Å². The molecule has 0 amide bonds. The maximum absolute atomic E-state index is 8.93. The molecule has 0 spiro atoms. The fourth-order valence-electron chi connectivity index (χ4n) is 0.348. The van der Waals surface area contributed by atoms with Crippen molar-refractivity contribution in [2.24, 2.45) is 0 Å². The summed E-state index contributed by atoms with van der Waals surface area (Å²) in [6, 6.07) is 0. The van der Waals surface area contributed by atoms with E-state index in [0.29, 0.717) is 11.9 Å². The number of halogens is 1. The van der Waals surface area contributed by atoms with Gasteiger partial charge in [0, 0.05) is 5.33 Å². The van der Waals surface area contributed by atoms with Crippen molar-refractivity contribution < 1.29 is 9.84 Å². The molecule has 1 atom stereocenters. The minimum atomic E-state index is -0.368. The summed E-state index contributed by atoms with van der Waals surface area (Å²) in [5.74, 6) is 0. The zero-order chi connectivity index (χ0) is 7.28. The molecular weight excluding hydrogens is 184 g/mol. The van der Waals surface area contributed by atoms with Crippen LogP contribution in [0, 0.1) is 0 Å². The van der Waals surface area contributed by atoms with E-state index in [0.717, 1.165) is 0 Å². The van der Waals surface area contributed by atoms with E-state index in [4.69, 9.17) is 9.84 Å². The highest BCUT2D eigenvalue weighted by Crippen LogP contribution is 1.94. The topological polar surface area (TPSA) is 29.5 Å². The summed E-state index contributed by atoms with van der Waals surface area (Å²) >= 11 is 3.13. The van der Waals surface area contributed by atoms with Crippen LogP contribution in [-0.4, -0.2) is 29.3 Å². The minimum absolute atomic E-state index is 0.207. The molecule has 0 saturated carbocycles. The van der Waals surface area contributed by atoms with Crippen LogP contribution in [0.4, 0.5) is 0 Å². The van der Waals surface area contributed by atoms with Gasteiger partial charge in [0.05, 0.1) is 18.8 Å². The summed E-state index contributed by atoms with van der Waals surface area (Å²) < 4.78 is 5.11. The van der Waals surface area contributed by atoms with Gasteiger partial charge in [-0.2, -0.15) is 0 Å². The summed E-state index contributed by atoms with van der Waals surface area (Å²) in [5, 5.41) is 9.52. The first kappa shape index (κ1) is 9.40. The van der Waals surface area contributed by atoms with E-state index < -0.39 is 0 Å². The first-order chi connectivity index (χ1) is 4.16. The fraction of sp³-hybridized carbons (Fsp3) is 1.00. The second kappa shape index (κ2) is 5.21. The molecule has 0 aliphatic heterocycles. The van der Waals surface area contributed by atoms with Crippen molar-refractivity contribution in [1.82, 2.24) is 0 Å². The zero-order valence-corrected chi connectivity index (χ0v) is 7.39. The third kappa shape index (κ3) is 6.28. The van der Waals surface area contributed by atoms with Gasteiger partial charge >= 0.3 is 0 Å². The Kier molecular flexibility index (Phi) is 5.44. The van der Waals surface area contributed by atoms with E-state index in [9.17, 15) is 0 Å². The molecular formula is C6H13BrO2. The Labute approximate surface area is 64.3 Å². The molecule has 0 aromatic rings. The van der Waals surface area contributed by atoms with Gasteiger partial charge < -0.3 is 9.84 Å². The Morgan fingerprint density at radius 3 is 2.44 bits per heavy atom. The van der Waals surface area contributed by atoms with Gasteiger partial charge in [0.25, 0.3) is 0 Å². The lowest BCUT2D eigenvalue weighted by molar-refractivity contribution is 0.0157. The van der Waals surface area contributed by atoms with Crippen LogP contribution < -0.4 is 0 Å². The van der Waals surface area contributed by atoms with Gasteiger partial charge in [0.15, 0.2) is 0 Å². The van der Waals surface area contributed by atoms with Crippen molar-refractivity contribution in [3.8, 4) is 0 Å². The third-order valence-corrected chi connectivity index (χ3v) is 1.55. The van der Waals surface area contributed by atoms with Gasteiger partial charge in [-0.3, -0.25) is 0 Å². The predicted molar refractivity (Wildman–Crippen MR) is 40.9 cm³/mol. The average molecular weight is 197 g/mol. The molecule has 0 unspecified atom stereocenters. The summed E-state index contributed by atoms with van der Waals surface area (Å²) in [4.78, 5) is 0. The number of ether oxygens (including phenoxy) is 1. The molecule has 0 bridgehead atoms. The molecule has 56 valence electrons. The van der Waals surface area contributed by atoms with E-state index in [1.165, 1.54) is 0 Å². The van der Waals surface area contributed by atoms with Gasteiger partial charge in [-0.05, 0) is 13.8 Å². The maximum Gasteiger partial charge on any atom is 0.0870 e. The van der Waals surface area contributed by atoms with Gasteiger partial charge in [-0.1, -0.05) is 15.9 Å². The van der Waals surface area contributed by atoms with Gasteiger partial charge in [-0.15, -0.1) is 0 Å². The molecule has 0 aliphatic rings. The van der Waals surface area contributed by atoms with Crippen molar-refractivity contribution in [2.75, 3.05) is 11.9 Å². The number of hydrogen-bond acceptors (Lipinski definition) is 2. The zero-order valence-electron chi connectivity index (χ0n) is 5.80. The van der Waals surface area contributed by atoms with Crippen molar-refractivity contribution in [3.63, 3.8) is 0 Å². The van der Waals surface area contributed by atoms with Crippen LogP contribution >= 0.6 is 15.9 Å². The van der Waals surface area contributed by atoms with Crippen molar-refractivity contribution in [3.05, 3.63) is 0 Å². The average Bonchev–Trinajstić information content (AvgIpc) is 1.83. The highest BCUT2D eigenvalue weighted by molar-refractivity contribution is 9.09. The van der Waals surface area contributed by atoms with Crippen LogP contribution in [0.15, 0.2) is 0 Å². The Morgan fingerprint density at radius 1 is 1.56 bits per heavy atom. The molecule has 0 fully saturated rings. The lowest BCUT2D eigenvalue weighted by Gasteiger charge is -2.09. The van der Waals surface area contributed by atoms with Crippen LogP contribution in [0.5, 0.6) is 0 Å². The van der Waals surface area contributed by atoms with Gasteiger partial charge in [0.2, 0.25) is 0 Å². The second-order valence-electron chi connectivity index (χ2n) is 2.19. The van der Waals surface area contributed by atoms with Crippen LogP contribution in [-0.2, 0) is 4.74 Å². The second-order valence-corrected chi connectivity index (χ2v) is 2.84. The van der Waals surface area contributed by atoms with E-state index in [1.54, 1.807) is 0 Å². The van der Waals surface area contributed by atoms with Gasteiger partial charge in [-0.25, -0.2) is 0 Å². The minimum Gasteiger partial charge on any atom is -0.390 e. The van der Waals surface area contributed by atoms with Crippen molar-refractivity contribution >= 4 is 15.9 Å². The molecule has 1 N–H and O–H groups in total. The standard InChI is InChI=1S/C6H13BrO2/c1-5(2)9-4-6(8)3-7/h5-6,8H,3-4H2,1-2H3/t6-/m1/s1. The Bertz CT molecular complexity index is 66.1. The maximum atomic E-state index is 8.93. The van der Waals surface area contributed by atoms with Gasteiger partial charge in [0.1, 0.15) is 0 Å². The fourth-order valence-corrected chi connectivity index (χ4v) is 0.535. The molecule has 0 aliphatic carbocycles. The van der Waals surface area contributed by atoms with E-state index in [1.807, 2.05) is 13.8 Å². The number of aliphatic hydroxyl groups is 1. The molecule has 0 saturated heterocycles. The Hall–Kier alpha value is 0.400. The monoisotopic (exact) mass is 196 g/mol. The first-order valence-electron chi connectivity index (χ1n) is 3.02. The molecule has 0 aromatic carbocycles. The summed E-state index contributed by atoms with van der Waals surface area (Å²) in [6.07, 6.45) is -0.161. The van der Waals surface area contributed by atoms with Crippen LogP contribution in [0.2, 0.25) is 0 Å². The lowest BCUT2D eigenvalue weighted by atomic mass is 10.4. The van der Waals surface area contributed by atoms with Crippen LogP contribution in [0.1, 0.15) is 13.8 Å². The molecule has 0 heterocycles. The third-order valence-electron chi connectivity index (χ3n) is 0.800. The molecule has 9 heavy (non-hydrogen) atoms. The number of rotatable bonds is 4. The quantitative estimate of drug-likeness (QED) is 0.685. The molecule has 0 radical (unpaired) electrons. The Morgan fingerprint density at radius 2 is 2.11 bits per heavy atom. The number of alkyl halides is 1. The van der Waals surface area contributed by atoms with E-state index >= 15 is 0 Å². The van der Waals surface area contributed by atoms with Crippen LogP contribution in [0.3, 0.4) is 0 Å². The van der Waals surface area contributed by atoms with Crippen LogP contribution in [0.25, 0.3) is 0 Å². The number of hydrogen-bond donors (Lipinski definition) is 1. The number of aliphatic hydroxyl groups excluding tert-OH is 1. The van der Waals surface area contributed by atoms with Crippen molar-refractivity contribution in [2.45, 2.75) is 26.1 Å². The highest BCUT2D eigenvalue weighted by atomic mass is 79.9. The normalized spacial score (nSPS) is 14.3. The smallest absolute Gasteiger partial charge is 0.0870 e. The van der Waals surface area contributed by atoms with Crippen molar-refractivity contribution in [1.29, 1.82) is 0 Å². The van der Waals surface area contributed by atoms with E-state index in [-0.39, 0.29) is 12.2 Å².